The molecule has 0 saturated carbocycles. The van der Waals surface area contributed by atoms with Crippen molar-refractivity contribution in [3.63, 3.8) is 0 Å². The van der Waals surface area contributed by atoms with E-state index in [0.29, 0.717) is 18.8 Å². The number of esters is 1. The molecule has 0 aliphatic carbocycles. The zero-order chi connectivity index (χ0) is 26.6. The number of aromatic nitrogens is 1. The Balaban J connectivity index is 1.49. The molecule has 1 saturated heterocycles. The predicted molar refractivity (Wildman–Crippen MR) is 142 cm³/mol. The van der Waals surface area contributed by atoms with Gasteiger partial charge in [-0.25, -0.2) is 9.78 Å². The summed E-state index contributed by atoms with van der Waals surface area (Å²) in [6, 6.07) is -0.838. The number of amides is 3. The summed E-state index contributed by atoms with van der Waals surface area (Å²) in [6.07, 6.45) is 11.3. The number of nitrogens with zero attached hydrogens (tertiary/aromatic N) is 3. The van der Waals surface area contributed by atoms with Crippen LogP contribution < -0.4 is 10.6 Å². The fraction of sp³-hybridized carbons (Fsp3) is 0.583. The minimum absolute atomic E-state index is 0.134. The lowest BCUT2D eigenvalue weighted by molar-refractivity contribution is -0.152. The number of β-lactam (4-membered cyclic amide) rings is 1. The van der Waals surface area contributed by atoms with Crippen molar-refractivity contribution in [1.82, 2.24) is 15.2 Å². The van der Waals surface area contributed by atoms with Crippen molar-refractivity contribution in [3.05, 3.63) is 22.8 Å². The fourth-order valence-electron chi connectivity index (χ4n) is 4.01. The molecule has 2 aliphatic rings. The lowest BCUT2D eigenvalue weighted by atomic mass is 10.0. The topological polar surface area (TPSA) is 139 Å². The Morgan fingerprint density at radius 1 is 1.22 bits per heavy atom. The number of hydrogen-bond donors (Lipinski definition) is 2. The standard InChI is InChI=1S/C24H33N5O6S2/c1-3-4-5-6-7-8-9-10-12-35-23(33)17-11-13-36-22-19(21(32)29(17)22)27-20(31)18(28-34-2)16-14-37-24(26-16)25-15-30/h11,14-15,19,22H,3-10,12-13H2,1-2H3,(H,27,31)(H,25,26,30)/t19?,22-/m0/s1. The van der Waals surface area contributed by atoms with Crippen LogP contribution in [0.2, 0.25) is 0 Å². The molecule has 3 heterocycles. The van der Waals surface area contributed by atoms with E-state index in [1.54, 1.807) is 6.08 Å². The molecule has 1 aromatic rings. The van der Waals surface area contributed by atoms with Crippen molar-refractivity contribution in [1.29, 1.82) is 0 Å². The van der Waals surface area contributed by atoms with Crippen LogP contribution in [0, 0.1) is 0 Å². The van der Waals surface area contributed by atoms with E-state index in [4.69, 9.17) is 9.57 Å². The first kappa shape index (κ1) is 28.6. The summed E-state index contributed by atoms with van der Waals surface area (Å²) in [5.41, 5.74) is 0.276. The summed E-state index contributed by atoms with van der Waals surface area (Å²) < 4.78 is 5.42. The maximum absolute atomic E-state index is 12.9. The first-order chi connectivity index (χ1) is 18.0. The first-order valence-electron chi connectivity index (χ1n) is 12.4. The van der Waals surface area contributed by atoms with Gasteiger partial charge in [0, 0.05) is 11.1 Å². The van der Waals surface area contributed by atoms with Crippen LogP contribution in [-0.2, 0) is 28.8 Å². The van der Waals surface area contributed by atoms with E-state index in [1.165, 1.54) is 61.3 Å². The van der Waals surface area contributed by atoms with Crippen LogP contribution in [0.3, 0.4) is 0 Å². The molecule has 202 valence electrons. The highest BCUT2D eigenvalue weighted by Crippen LogP contribution is 2.37. The number of thioether (sulfide) groups is 1. The lowest BCUT2D eigenvalue weighted by Crippen LogP contribution is -2.70. The minimum atomic E-state index is -0.838. The molecule has 2 N–H and O–H groups in total. The van der Waals surface area contributed by atoms with E-state index in [9.17, 15) is 19.2 Å². The highest BCUT2D eigenvalue weighted by Gasteiger charge is 2.53. The third-order valence-electron chi connectivity index (χ3n) is 5.90. The number of ether oxygens (including phenoxy) is 1. The van der Waals surface area contributed by atoms with Crippen LogP contribution in [0.25, 0.3) is 0 Å². The summed E-state index contributed by atoms with van der Waals surface area (Å²) in [5, 5.41) is 10.2. The smallest absolute Gasteiger partial charge is 0.354 e. The number of rotatable bonds is 16. The molecule has 3 rings (SSSR count). The second kappa shape index (κ2) is 14.7. The van der Waals surface area contributed by atoms with Gasteiger partial charge >= 0.3 is 5.97 Å². The molecule has 0 spiro atoms. The summed E-state index contributed by atoms with van der Waals surface area (Å²) in [4.78, 5) is 59.4. The number of anilines is 1. The number of hydrogen-bond acceptors (Lipinski definition) is 10. The van der Waals surface area contributed by atoms with Gasteiger partial charge in [0.2, 0.25) is 6.41 Å². The molecule has 13 heteroatoms. The molecule has 1 fully saturated rings. The Kier molecular flexibility index (Phi) is 11.4. The molecule has 0 radical (unpaired) electrons. The molecule has 0 bridgehead atoms. The Morgan fingerprint density at radius 3 is 2.65 bits per heavy atom. The maximum atomic E-state index is 12.9. The highest BCUT2D eigenvalue weighted by molar-refractivity contribution is 8.00. The number of carbonyl (C=O) groups is 4. The summed E-state index contributed by atoms with van der Waals surface area (Å²) >= 11 is 2.55. The Bertz CT molecular complexity index is 1030. The first-order valence-corrected chi connectivity index (χ1v) is 14.3. The van der Waals surface area contributed by atoms with Crippen LogP contribution in [0.15, 0.2) is 22.3 Å². The summed E-state index contributed by atoms with van der Waals surface area (Å²) in [6.45, 7) is 2.51. The van der Waals surface area contributed by atoms with Gasteiger partial charge in [0.05, 0.1) is 6.61 Å². The largest absolute Gasteiger partial charge is 0.461 e. The van der Waals surface area contributed by atoms with E-state index in [-0.39, 0.29) is 22.2 Å². The molecule has 2 aliphatic heterocycles. The van der Waals surface area contributed by atoms with Crippen molar-refractivity contribution in [2.45, 2.75) is 69.7 Å². The van der Waals surface area contributed by atoms with Crippen LogP contribution in [0.5, 0.6) is 0 Å². The van der Waals surface area contributed by atoms with Gasteiger partial charge in [-0.15, -0.1) is 23.1 Å². The third-order valence-corrected chi connectivity index (χ3v) is 7.86. The van der Waals surface area contributed by atoms with Gasteiger partial charge in [-0.3, -0.25) is 19.3 Å². The summed E-state index contributed by atoms with van der Waals surface area (Å²) in [5.74, 6) is -1.07. The van der Waals surface area contributed by atoms with Crippen LogP contribution in [0.1, 0.15) is 64.0 Å². The SMILES string of the molecule is CCCCCCCCCCOC(=O)C1=CCS[C@H]2C(NC(=O)C(=NOC)c3csc(NC=O)n3)C(=O)N12. The summed E-state index contributed by atoms with van der Waals surface area (Å²) in [7, 11) is 1.29. The average Bonchev–Trinajstić information content (AvgIpc) is 3.36. The zero-order valence-electron chi connectivity index (χ0n) is 21.1. The molecule has 0 aromatic carbocycles. The van der Waals surface area contributed by atoms with Crippen LogP contribution in [0.4, 0.5) is 5.13 Å². The van der Waals surface area contributed by atoms with E-state index >= 15 is 0 Å². The number of nitrogens with one attached hydrogen (secondary N) is 2. The molecular weight excluding hydrogens is 518 g/mol. The van der Waals surface area contributed by atoms with Crippen molar-refractivity contribution in [2.24, 2.45) is 5.16 Å². The second-order valence-corrected chi connectivity index (χ2v) is 10.5. The Morgan fingerprint density at radius 2 is 1.95 bits per heavy atom. The monoisotopic (exact) mass is 551 g/mol. The van der Waals surface area contributed by atoms with Gasteiger partial charge in [-0.05, 0) is 12.5 Å². The molecule has 11 nitrogen and oxygen atoms in total. The van der Waals surface area contributed by atoms with Gasteiger partial charge in [-0.2, -0.15) is 0 Å². The molecule has 2 atom stereocenters. The van der Waals surface area contributed by atoms with E-state index in [1.807, 2.05) is 0 Å². The van der Waals surface area contributed by atoms with E-state index in [2.05, 4.69) is 27.7 Å². The Hall–Kier alpha value is -2.93. The van der Waals surface area contributed by atoms with Gasteiger partial charge in [0.15, 0.2) is 10.8 Å². The molecule has 1 unspecified atom stereocenters. The average molecular weight is 552 g/mol. The molecule has 37 heavy (non-hydrogen) atoms. The minimum Gasteiger partial charge on any atom is -0.461 e. The number of oxime groups is 1. The van der Waals surface area contributed by atoms with Crippen molar-refractivity contribution >= 4 is 58.1 Å². The van der Waals surface area contributed by atoms with Gasteiger partial charge in [0.1, 0.15) is 29.9 Å². The Labute approximate surface area is 224 Å². The second-order valence-electron chi connectivity index (χ2n) is 8.51. The highest BCUT2D eigenvalue weighted by atomic mass is 32.2. The molecule has 1 aromatic heterocycles. The predicted octanol–water partition coefficient (Wildman–Crippen LogP) is 3.03. The number of fused-ring (bicyclic) bond motifs is 1. The number of carbonyl (C=O) groups excluding carboxylic acids is 4. The van der Waals surface area contributed by atoms with E-state index in [0.717, 1.165) is 30.6 Å². The molecule has 3 amide bonds. The number of unbranched alkanes of at least 4 members (excludes halogenated alkanes) is 7. The third kappa shape index (κ3) is 7.54. The van der Waals surface area contributed by atoms with Crippen LogP contribution in [-0.4, -0.2) is 70.7 Å². The normalized spacial score (nSPS) is 18.9. The van der Waals surface area contributed by atoms with Crippen molar-refractivity contribution in [3.8, 4) is 0 Å². The fourth-order valence-corrected chi connectivity index (χ4v) is 5.86. The number of thiazole rings is 1. The van der Waals surface area contributed by atoms with Gasteiger partial charge in [0.25, 0.3) is 11.8 Å². The van der Waals surface area contributed by atoms with Gasteiger partial charge < -0.3 is 20.2 Å². The molecular formula is C24H33N5O6S2. The lowest BCUT2D eigenvalue weighted by Gasteiger charge is -2.48. The van der Waals surface area contributed by atoms with Gasteiger partial charge in [-0.1, -0.05) is 57.0 Å². The quantitative estimate of drug-likeness (QED) is 0.0798. The zero-order valence-corrected chi connectivity index (χ0v) is 22.7. The van der Waals surface area contributed by atoms with E-state index < -0.39 is 29.2 Å². The van der Waals surface area contributed by atoms with Crippen LogP contribution >= 0.6 is 23.1 Å². The van der Waals surface area contributed by atoms with Crippen molar-refractivity contribution in [2.75, 3.05) is 24.8 Å². The van der Waals surface area contributed by atoms with Crippen molar-refractivity contribution < 1.29 is 28.8 Å². The maximum Gasteiger partial charge on any atom is 0.354 e.